The number of hydrogen-bond donors (Lipinski definition) is 4. The van der Waals surface area contributed by atoms with Crippen LogP contribution in [0.2, 0.25) is 0 Å². The van der Waals surface area contributed by atoms with Crippen LogP contribution in [0.4, 0.5) is 18.8 Å². The molecule has 0 radical (unpaired) electrons. The average molecular weight is 578 g/mol. The molecule has 2 unspecified atom stereocenters. The highest BCUT2D eigenvalue weighted by Gasteiger charge is 2.65. The van der Waals surface area contributed by atoms with Gasteiger partial charge in [-0.2, -0.15) is 16.3 Å². The molecule has 0 saturated heterocycles. The van der Waals surface area contributed by atoms with Gasteiger partial charge in [0.1, 0.15) is 5.82 Å². The molecule has 214 valence electrons. The summed E-state index contributed by atoms with van der Waals surface area (Å²) in [5.74, 6) is -1.29. The quantitative estimate of drug-likeness (QED) is 0.192. The molecule has 0 fully saturated rings. The number of hydrogen-bond acceptors (Lipinski definition) is 7. The molecule has 1 aromatic rings. The van der Waals surface area contributed by atoms with Gasteiger partial charge in [-0.25, -0.2) is 23.7 Å². The molecule has 2 heterocycles. The molecular weight excluding hydrogens is 541 g/mol. The molecule has 38 heavy (non-hydrogen) atoms. The van der Waals surface area contributed by atoms with Crippen LogP contribution in [0.25, 0.3) is 0 Å². The second-order valence-electron chi connectivity index (χ2n) is 11.9. The molecule has 0 saturated carbocycles. The summed E-state index contributed by atoms with van der Waals surface area (Å²) in [7, 11) is 0. The molecule has 3 amide bonds. The third kappa shape index (κ3) is 5.64. The van der Waals surface area contributed by atoms with Crippen molar-refractivity contribution in [1.82, 2.24) is 25.1 Å². The molecule has 0 spiro atoms. The zero-order valence-electron chi connectivity index (χ0n) is 23.0. The highest BCUT2D eigenvalue weighted by molar-refractivity contribution is 7.07. The summed E-state index contributed by atoms with van der Waals surface area (Å²) in [4.78, 5) is 39.4. The summed E-state index contributed by atoms with van der Waals surface area (Å²) >= 11 is 9.00. The molecule has 0 aromatic carbocycles. The minimum absolute atomic E-state index is 0.0552. The van der Waals surface area contributed by atoms with Crippen LogP contribution in [0.3, 0.4) is 0 Å². The minimum Gasteiger partial charge on any atom is -0.464 e. The molecule has 2 rings (SSSR count). The van der Waals surface area contributed by atoms with E-state index in [0.717, 1.165) is 5.56 Å². The highest BCUT2D eigenvalue weighted by atomic mass is 35.5. The maximum absolute atomic E-state index is 16.9. The fourth-order valence-electron chi connectivity index (χ4n) is 4.57. The first-order valence-electron chi connectivity index (χ1n) is 11.8. The van der Waals surface area contributed by atoms with Gasteiger partial charge in [-0.1, -0.05) is 32.4 Å². The van der Waals surface area contributed by atoms with E-state index in [1.165, 1.54) is 16.2 Å². The fraction of sp³-hybridized carbons (Fsp3) is 0.625. The van der Waals surface area contributed by atoms with E-state index >= 15 is 4.39 Å². The number of carbonyl (C=O) groups is 3. The lowest BCUT2D eigenvalue weighted by Gasteiger charge is -2.66. The predicted octanol–water partition coefficient (Wildman–Crippen LogP) is 6.01. The van der Waals surface area contributed by atoms with E-state index in [4.69, 9.17) is 11.6 Å². The van der Waals surface area contributed by atoms with Gasteiger partial charge in [-0.15, -0.1) is 5.01 Å². The van der Waals surface area contributed by atoms with Gasteiger partial charge in [-0.05, 0) is 63.9 Å². The first kappa shape index (κ1) is 31.4. The summed E-state index contributed by atoms with van der Waals surface area (Å²) < 4.78 is 16.9. The molecule has 14 heteroatoms. The van der Waals surface area contributed by atoms with Gasteiger partial charge in [0.2, 0.25) is 0 Å². The number of nitrogens with one attached hydrogen (secondary N) is 1. The zero-order chi connectivity index (χ0) is 29.6. The summed E-state index contributed by atoms with van der Waals surface area (Å²) in [6.07, 6.45) is -8.31. The van der Waals surface area contributed by atoms with Crippen molar-refractivity contribution in [3.8, 4) is 0 Å². The lowest BCUT2D eigenvalue weighted by Crippen LogP contribution is -2.79. The first-order valence-corrected chi connectivity index (χ1v) is 13.1. The Hall–Kier alpha value is -2.77. The molecule has 11 nitrogen and oxygen atoms in total. The smallest absolute Gasteiger partial charge is 0.436 e. The Morgan fingerprint density at radius 1 is 1.03 bits per heavy atom. The Morgan fingerprint density at radius 2 is 1.55 bits per heavy atom. The van der Waals surface area contributed by atoms with Crippen LogP contribution < -0.4 is 5.32 Å². The Labute approximate surface area is 231 Å². The monoisotopic (exact) mass is 577 g/mol. The largest absolute Gasteiger partial charge is 0.464 e. The Balaban J connectivity index is 3.07. The summed E-state index contributed by atoms with van der Waals surface area (Å²) in [5, 5.41) is 34.0. The van der Waals surface area contributed by atoms with E-state index in [0.29, 0.717) is 0 Å². The Kier molecular flexibility index (Phi) is 8.62. The third-order valence-electron chi connectivity index (χ3n) is 5.93. The van der Waals surface area contributed by atoms with Gasteiger partial charge < -0.3 is 25.5 Å². The van der Waals surface area contributed by atoms with E-state index in [9.17, 15) is 29.7 Å². The second-order valence-corrected chi connectivity index (χ2v) is 13.3. The van der Waals surface area contributed by atoms with E-state index < -0.39 is 56.9 Å². The standard InChI is InChI=1S/C24H37ClFN5O6S/c1-21(2,3)24(25)30(22(4,5)6)16(27-12-14-10-11-38-13-14)15(26)17(31(24)23(7,8)9)28(18(32)33)29(19(34)35)20(36)37/h10-11,13,17,27H,12H2,1-9H3,(H,32,33)(H,34,35)(H,36,37). The number of imide groups is 1. The van der Waals surface area contributed by atoms with Crippen LogP contribution in [0.5, 0.6) is 0 Å². The number of halogens is 2. The van der Waals surface area contributed by atoms with Crippen molar-refractivity contribution in [2.75, 3.05) is 0 Å². The van der Waals surface area contributed by atoms with Gasteiger partial charge in [0.25, 0.3) is 0 Å². The van der Waals surface area contributed by atoms with Crippen molar-refractivity contribution < 1.29 is 34.1 Å². The molecule has 1 aromatic heterocycles. The molecule has 1 aliphatic heterocycles. The number of thiophene rings is 1. The highest BCUT2D eigenvalue weighted by Crippen LogP contribution is 2.55. The molecule has 1 aliphatic rings. The lowest BCUT2D eigenvalue weighted by molar-refractivity contribution is -0.199. The van der Waals surface area contributed by atoms with Crippen molar-refractivity contribution in [2.45, 2.75) is 91.2 Å². The van der Waals surface area contributed by atoms with E-state index in [1.807, 2.05) is 37.6 Å². The van der Waals surface area contributed by atoms with Gasteiger partial charge >= 0.3 is 18.3 Å². The lowest BCUT2D eigenvalue weighted by atomic mass is 9.82. The van der Waals surface area contributed by atoms with Crippen LogP contribution in [0, 0.1) is 5.41 Å². The van der Waals surface area contributed by atoms with Crippen LogP contribution in [-0.2, 0) is 6.54 Å². The Morgan fingerprint density at radius 3 is 1.89 bits per heavy atom. The van der Waals surface area contributed by atoms with Crippen molar-refractivity contribution in [3.05, 3.63) is 34.0 Å². The maximum atomic E-state index is 16.9. The van der Waals surface area contributed by atoms with Crippen LogP contribution in [-0.4, -0.2) is 75.8 Å². The van der Waals surface area contributed by atoms with E-state index in [2.05, 4.69) is 5.32 Å². The number of carboxylic acid groups (broad SMARTS) is 3. The van der Waals surface area contributed by atoms with Crippen LogP contribution in [0.1, 0.15) is 67.9 Å². The van der Waals surface area contributed by atoms with Gasteiger partial charge in [0, 0.05) is 23.0 Å². The number of nitrogens with zero attached hydrogens (tertiary/aromatic N) is 4. The van der Waals surface area contributed by atoms with Crippen molar-refractivity contribution in [2.24, 2.45) is 5.41 Å². The van der Waals surface area contributed by atoms with Crippen molar-refractivity contribution in [3.63, 3.8) is 0 Å². The third-order valence-corrected chi connectivity index (χ3v) is 7.58. The maximum Gasteiger partial charge on any atom is 0.436 e. The number of amides is 3. The summed E-state index contributed by atoms with van der Waals surface area (Å²) in [5.41, 5.74) is -2.09. The summed E-state index contributed by atoms with van der Waals surface area (Å²) in [6.45, 7) is 15.9. The zero-order valence-corrected chi connectivity index (χ0v) is 24.6. The van der Waals surface area contributed by atoms with Crippen molar-refractivity contribution >= 4 is 41.2 Å². The summed E-state index contributed by atoms with van der Waals surface area (Å²) in [6, 6.07) is 1.83. The topological polar surface area (TPSA) is 137 Å². The number of hydrazine groups is 1. The number of alkyl halides is 1. The van der Waals surface area contributed by atoms with Gasteiger partial charge in [0.15, 0.2) is 17.1 Å². The van der Waals surface area contributed by atoms with E-state index in [1.54, 1.807) is 46.4 Å². The fourth-order valence-corrected chi connectivity index (χ4v) is 5.93. The minimum atomic E-state index is -2.12. The second kappa shape index (κ2) is 10.4. The first-order chi connectivity index (χ1) is 17.1. The van der Waals surface area contributed by atoms with Crippen molar-refractivity contribution in [1.29, 1.82) is 0 Å². The Bertz CT molecular complexity index is 1080. The normalized spacial score (nSPS) is 21.3. The SMILES string of the molecule is CC(C)(C)N1C(NCc2ccsc2)=C(F)C(N(C(=O)O)N(C(=O)O)C(=O)O)N(C(C)(C)C)C1(Cl)C(C)(C)C. The average Bonchev–Trinajstić information content (AvgIpc) is 3.22. The van der Waals surface area contributed by atoms with Crippen LogP contribution in [0.15, 0.2) is 28.5 Å². The van der Waals surface area contributed by atoms with Crippen LogP contribution >= 0.6 is 22.9 Å². The molecule has 0 aliphatic carbocycles. The molecule has 4 N–H and O–H groups in total. The molecule has 2 atom stereocenters. The van der Waals surface area contributed by atoms with Gasteiger partial charge in [-0.3, -0.25) is 0 Å². The molecule has 0 bridgehead atoms. The number of rotatable bonds is 4. The molecular formula is C24H37ClFN5O6S. The van der Waals surface area contributed by atoms with E-state index in [-0.39, 0.29) is 17.4 Å². The predicted molar refractivity (Wildman–Crippen MR) is 142 cm³/mol. The van der Waals surface area contributed by atoms with Gasteiger partial charge in [0.05, 0.1) is 0 Å².